The number of hydrogen-bond donors (Lipinski definition) is 0. The van der Waals surface area contributed by atoms with Gasteiger partial charge in [0.25, 0.3) is 0 Å². The third-order valence-electron chi connectivity index (χ3n) is 4.09. The molecule has 0 radical (unpaired) electrons. The van der Waals surface area contributed by atoms with E-state index in [1.807, 2.05) is 54.7 Å². The van der Waals surface area contributed by atoms with Gasteiger partial charge >= 0.3 is 0 Å². The molecule has 0 unspecified atom stereocenters. The molecule has 124 valence electrons. The minimum Gasteiger partial charge on any atom is -0.472 e. The quantitative estimate of drug-likeness (QED) is 0.535. The van der Waals surface area contributed by atoms with E-state index < -0.39 is 0 Å². The monoisotopic (exact) mass is 329 g/mol. The zero-order valence-electron chi connectivity index (χ0n) is 13.9. The second-order valence-electron chi connectivity index (χ2n) is 5.97. The summed E-state index contributed by atoms with van der Waals surface area (Å²) in [5, 5.41) is 4.50. The van der Waals surface area contributed by atoms with Gasteiger partial charge in [0.1, 0.15) is 6.61 Å². The van der Waals surface area contributed by atoms with Crippen LogP contribution in [0.15, 0.2) is 79.0 Å². The van der Waals surface area contributed by atoms with E-state index in [1.54, 1.807) is 4.52 Å². The molecule has 4 heteroatoms. The highest BCUT2D eigenvalue weighted by Crippen LogP contribution is 2.13. The Labute approximate surface area is 146 Å². The third-order valence-corrected chi connectivity index (χ3v) is 4.09. The number of benzene rings is 2. The van der Waals surface area contributed by atoms with Crippen molar-refractivity contribution in [3.8, 4) is 5.88 Å². The van der Waals surface area contributed by atoms with Crippen LogP contribution in [0.1, 0.15) is 16.8 Å². The predicted molar refractivity (Wildman–Crippen MR) is 97.6 cm³/mol. The van der Waals surface area contributed by atoms with Gasteiger partial charge in [0.2, 0.25) is 5.88 Å². The molecule has 0 N–H and O–H groups in total. The Balaban J connectivity index is 1.44. The summed E-state index contributed by atoms with van der Waals surface area (Å²) in [6.45, 7) is 0.509. The molecular weight excluding hydrogens is 310 g/mol. The van der Waals surface area contributed by atoms with E-state index >= 15 is 0 Å². The van der Waals surface area contributed by atoms with Gasteiger partial charge in [-0.1, -0.05) is 60.7 Å². The Kier molecular flexibility index (Phi) is 4.42. The standard InChI is InChI=1S/C21H19N3O/c1-3-7-17(8-4-1)11-12-19-15-24-20(22-19)13-14-21(23-24)25-16-18-9-5-2-6-10-18/h1-10,13-15H,11-12,16H2. The second kappa shape index (κ2) is 7.18. The van der Waals surface area contributed by atoms with Gasteiger partial charge in [0.05, 0.1) is 11.9 Å². The van der Waals surface area contributed by atoms with E-state index in [2.05, 4.69) is 34.3 Å². The molecular formula is C21H19N3O. The van der Waals surface area contributed by atoms with Crippen molar-refractivity contribution in [2.75, 3.05) is 0 Å². The number of aryl methyl sites for hydroxylation is 2. The molecule has 0 saturated heterocycles. The van der Waals surface area contributed by atoms with Crippen LogP contribution in [-0.2, 0) is 19.4 Å². The van der Waals surface area contributed by atoms with Gasteiger partial charge in [0, 0.05) is 6.07 Å². The molecule has 0 fully saturated rings. The first-order valence-electron chi connectivity index (χ1n) is 8.43. The van der Waals surface area contributed by atoms with Gasteiger partial charge < -0.3 is 4.74 Å². The van der Waals surface area contributed by atoms with Crippen molar-refractivity contribution in [3.05, 3.63) is 95.8 Å². The third kappa shape index (κ3) is 3.86. The summed E-state index contributed by atoms with van der Waals surface area (Å²) in [6.07, 6.45) is 3.85. The van der Waals surface area contributed by atoms with Crippen LogP contribution in [0.5, 0.6) is 5.88 Å². The first-order valence-corrected chi connectivity index (χ1v) is 8.43. The highest BCUT2D eigenvalue weighted by atomic mass is 16.5. The molecule has 0 bridgehead atoms. The van der Waals surface area contributed by atoms with Gasteiger partial charge in [-0.15, -0.1) is 5.10 Å². The summed E-state index contributed by atoms with van der Waals surface area (Å²) in [5.41, 5.74) is 4.32. The van der Waals surface area contributed by atoms with Crippen LogP contribution in [0.2, 0.25) is 0 Å². The van der Waals surface area contributed by atoms with E-state index in [-0.39, 0.29) is 0 Å². The van der Waals surface area contributed by atoms with Gasteiger partial charge in [-0.25, -0.2) is 9.50 Å². The fourth-order valence-corrected chi connectivity index (χ4v) is 2.76. The number of hydrogen-bond acceptors (Lipinski definition) is 3. The zero-order valence-corrected chi connectivity index (χ0v) is 13.9. The number of ether oxygens (including phenoxy) is 1. The number of imidazole rings is 1. The number of rotatable bonds is 6. The largest absolute Gasteiger partial charge is 0.472 e. The molecule has 0 aliphatic heterocycles. The lowest BCUT2D eigenvalue weighted by atomic mass is 10.1. The SMILES string of the molecule is c1ccc(CCc2cn3nc(OCc4ccccc4)ccc3n2)cc1. The molecule has 25 heavy (non-hydrogen) atoms. The zero-order chi connectivity index (χ0) is 16.9. The average Bonchev–Trinajstić information content (AvgIpc) is 3.08. The Morgan fingerprint density at radius 1 is 0.760 bits per heavy atom. The Hall–Kier alpha value is -3.14. The van der Waals surface area contributed by atoms with E-state index in [1.165, 1.54) is 5.56 Å². The van der Waals surface area contributed by atoms with Gasteiger partial charge in [-0.3, -0.25) is 0 Å². The number of fused-ring (bicyclic) bond motifs is 1. The van der Waals surface area contributed by atoms with E-state index in [0.717, 1.165) is 29.7 Å². The minimum absolute atomic E-state index is 0.509. The van der Waals surface area contributed by atoms with Crippen LogP contribution in [0.3, 0.4) is 0 Å². The van der Waals surface area contributed by atoms with E-state index in [4.69, 9.17) is 4.74 Å². The Morgan fingerprint density at radius 2 is 1.48 bits per heavy atom. The fraction of sp³-hybridized carbons (Fsp3) is 0.143. The summed E-state index contributed by atoms with van der Waals surface area (Å²) in [7, 11) is 0. The summed E-state index contributed by atoms with van der Waals surface area (Å²) < 4.78 is 7.57. The van der Waals surface area contributed by atoms with Crippen LogP contribution in [0.4, 0.5) is 0 Å². The summed E-state index contributed by atoms with van der Waals surface area (Å²) in [5.74, 6) is 0.600. The average molecular weight is 329 g/mol. The van der Waals surface area contributed by atoms with Crippen LogP contribution in [0.25, 0.3) is 5.65 Å². The van der Waals surface area contributed by atoms with Crippen molar-refractivity contribution in [1.82, 2.24) is 14.6 Å². The molecule has 0 amide bonds. The van der Waals surface area contributed by atoms with E-state index in [9.17, 15) is 0 Å². The van der Waals surface area contributed by atoms with Crippen molar-refractivity contribution < 1.29 is 4.74 Å². The maximum atomic E-state index is 5.78. The lowest BCUT2D eigenvalue weighted by molar-refractivity contribution is 0.289. The molecule has 0 aliphatic rings. The first kappa shape index (κ1) is 15.4. The van der Waals surface area contributed by atoms with Crippen LogP contribution < -0.4 is 4.74 Å². The highest BCUT2D eigenvalue weighted by molar-refractivity contribution is 5.39. The lowest BCUT2D eigenvalue weighted by Gasteiger charge is -2.05. The molecule has 4 aromatic rings. The molecule has 0 saturated carbocycles. The van der Waals surface area contributed by atoms with Crippen LogP contribution in [-0.4, -0.2) is 14.6 Å². The lowest BCUT2D eigenvalue weighted by Crippen LogP contribution is -1.99. The molecule has 2 aromatic heterocycles. The van der Waals surface area contributed by atoms with Crippen molar-refractivity contribution in [3.63, 3.8) is 0 Å². The molecule has 2 aromatic carbocycles. The highest BCUT2D eigenvalue weighted by Gasteiger charge is 2.05. The van der Waals surface area contributed by atoms with Crippen molar-refractivity contribution in [1.29, 1.82) is 0 Å². The predicted octanol–water partition coefficient (Wildman–Crippen LogP) is 4.09. The molecule has 4 rings (SSSR count). The summed E-state index contributed by atoms with van der Waals surface area (Å²) >= 11 is 0. The van der Waals surface area contributed by atoms with Crippen LogP contribution in [0, 0.1) is 0 Å². The molecule has 0 atom stereocenters. The number of nitrogens with zero attached hydrogens (tertiary/aromatic N) is 3. The summed E-state index contributed by atoms with van der Waals surface area (Å²) in [4.78, 5) is 4.63. The van der Waals surface area contributed by atoms with Crippen LogP contribution >= 0.6 is 0 Å². The maximum Gasteiger partial charge on any atom is 0.232 e. The van der Waals surface area contributed by atoms with Crippen molar-refractivity contribution in [2.45, 2.75) is 19.4 Å². The van der Waals surface area contributed by atoms with Gasteiger partial charge in [-0.05, 0) is 30.0 Å². The Morgan fingerprint density at radius 3 is 2.24 bits per heavy atom. The molecule has 0 spiro atoms. The van der Waals surface area contributed by atoms with E-state index in [0.29, 0.717) is 12.5 Å². The fourth-order valence-electron chi connectivity index (χ4n) is 2.76. The second-order valence-corrected chi connectivity index (χ2v) is 5.97. The minimum atomic E-state index is 0.509. The van der Waals surface area contributed by atoms with Crippen molar-refractivity contribution in [2.24, 2.45) is 0 Å². The smallest absolute Gasteiger partial charge is 0.232 e. The number of aromatic nitrogens is 3. The van der Waals surface area contributed by atoms with Gasteiger partial charge in [-0.2, -0.15) is 0 Å². The molecule has 2 heterocycles. The maximum absolute atomic E-state index is 5.78. The topological polar surface area (TPSA) is 39.4 Å². The van der Waals surface area contributed by atoms with Crippen molar-refractivity contribution >= 4 is 5.65 Å². The Bertz CT molecular complexity index is 907. The molecule has 0 aliphatic carbocycles. The summed E-state index contributed by atoms with van der Waals surface area (Å²) in [6, 6.07) is 24.3. The normalized spacial score (nSPS) is 10.9. The van der Waals surface area contributed by atoms with Gasteiger partial charge in [0.15, 0.2) is 5.65 Å². The first-order chi connectivity index (χ1) is 12.4. The molecule has 4 nitrogen and oxygen atoms in total.